The lowest BCUT2D eigenvalue weighted by molar-refractivity contribution is -0.127. The summed E-state index contributed by atoms with van der Waals surface area (Å²) < 4.78 is 5.00. The number of carbonyl (C=O) groups is 1. The Morgan fingerprint density at radius 1 is 1.33 bits per heavy atom. The molecule has 0 bridgehead atoms. The lowest BCUT2D eigenvalue weighted by Gasteiger charge is -2.13. The number of pyridine rings is 1. The van der Waals surface area contributed by atoms with Crippen LogP contribution >= 0.6 is 35.6 Å². The van der Waals surface area contributed by atoms with Crippen molar-refractivity contribution < 1.29 is 9.53 Å². The second-order valence-electron chi connectivity index (χ2n) is 5.04. The van der Waals surface area contributed by atoms with E-state index in [-0.39, 0.29) is 36.4 Å². The number of ether oxygens (including phenoxy) is 1. The first-order chi connectivity index (χ1) is 11.0. The van der Waals surface area contributed by atoms with Gasteiger partial charge in [0.2, 0.25) is 5.91 Å². The van der Waals surface area contributed by atoms with Gasteiger partial charge in [-0.05, 0) is 18.1 Å². The van der Waals surface area contributed by atoms with E-state index in [1.165, 1.54) is 4.90 Å². The minimum absolute atomic E-state index is 0. The van der Waals surface area contributed by atoms with Crippen molar-refractivity contribution in [1.29, 1.82) is 0 Å². The summed E-state index contributed by atoms with van der Waals surface area (Å²) in [6, 6.07) is 3.69. The molecule has 24 heavy (non-hydrogen) atoms. The zero-order valence-corrected chi connectivity index (χ0v) is 17.3. The van der Waals surface area contributed by atoms with Crippen LogP contribution in [0.15, 0.2) is 23.3 Å². The van der Waals surface area contributed by atoms with Crippen molar-refractivity contribution in [2.45, 2.75) is 6.42 Å². The monoisotopic (exact) mass is 469 g/mol. The molecule has 7 nitrogen and oxygen atoms in total. The highest BCUT2D eigenvalue weighted by Gasteiger charge is 2.04. The maximum absolute atomic E-state index is 11.6. The predicted molar refractivity (Wildman–Crippen MR) is 107 cm³/mol. The summed E-state index contributed by atoms with van der Waals surface area (Å²) in [5.74, 6) is 0.527. The van der Waals surface area contributed by atoms with E-state index in [0.717, 1.165) is 12.0 Å². The number of rotatable bonds is 8. The van der Waals surface area contributed by atoms with E-state index in [0.29, 0.717) is 30.8 Å². The van der Waals surface area contributed by atoms with Gasteiger partial charge in [0.05, 0.1) is 6.61 Å². The minimum atomic E-state index is -0.0558. The lowest BCUT2D eigenvalue weighted by Crippen LogP contribution is -2.40. The Hall–Kier alpha value is -1.13. The molecule has 9 heteroatoms. The number of amides is 1. The number of hydrogen-bond donors (Lipinski definition) is 2. The van der Waals surface area contributed by atoms with Gasteiger partial charge in [-0.1, -0.05) is 17.7 Å². The third-order valence-corrected chi connectivity index (χ3v) is 3.19. The van der Waals surface area contributed by atoms with Crippen molar-refractivity contribution in [2.75, 3.05) is 47.4 Å². The van der Waals surface area contributed by atoms with Crippen molar-refractivity contribution in [3.05, 3.63) is 29.0 Å². The van der Waals surface area contributed by atoms with Crippen LogP contribution in [0.3, 0.4) is 0 Å². The van der Waals surface area contributed by atoms with E-state index < -0.39 is 0 Å². The van der Waals surface area contributed by atoms with E-state index in [2.05, 4.69) is 20.6 Å². The standard InChI is InChI=1S/C15H24ClN5O2.HI/c1-21(2)14(22)11-20-15(18-8-9-23-3)17-7-6-12-4-5-13(16)19-10-12;/h4-5,10H,6-9,11H2,1-3H3,(H2,17,18,20);1H. The Kier molecular flexibility index (Phi) is 12.6. The largest absolute Gasteiger partial charge is 0.383 e. The molecule has 0 radical (unpaired) electrons. The third kappa shape index (κ3) is 9.89. The number of methoxy groups -OCH3 is 1. The molecular weight excluding hydrogens is 445 g/mol. The number of nitrogens with zero attached hydrogens (tertiary/aromatic N) is 3. The van der Waals surface area contributed by atoms with Crippen LogP contribution in [0.1, 0.15) is 5.56 Å². The molecule has 1 aromatic rings. The van der Waals surface area contributed by atoms with E-state index in [4.69, 9.17) is 16.3 Å². The molecule has 0 aliphatic carbocycles. The van der Waals surface area contributed by atoms with Gasteiger partial charge in [-0.15, -0.1) is 24.0 Å². The van der Waals surface area contributed by atoms with Gasteiger partial charge in [-0.3, -0.25) is 4.79 Å². The van der Waals surface area contributed by atoms with E-state index in [9.17, 15) is 4.79 Å². The zero-order valence-electron chi connectivity index (χ0n) is 14.2. The number of aliphatic imine (C=N–C) groups is 1. The summed E-state index contributed by atoms with van der Waals surface area (Å²) in [6.45, 7) is 1.93. The van der Waals surface area contributed by atoms with Gasteiger partial charge < -0.3 is 20.3 Å². The van der Waals surface area contributed by atoms with Gasteiger partial charge in [0.15, 0.2) is 5.96 Å². The number of aromatic nitrogens is 1. The van der Waals surface area contributed by atoms with Crippen LogP contribution in [0, 0.1) is 0 Å². The molecule has 0 aliphatic rings. The normalized spacial score (nSPS) is 10.8. The van der Waals surface area contributed by atoms with Gasteiger partial charge in [-0.25, -0.2) is 9.98 Å². The zero-order chi connectivity index (χ0) is 17.1. The third-order valence-electron chi connectivity index (χ3n) is 2.96. The van der Waals surface area contributed by atoms with Gasteiger partial charge in [0, 0.05) is 40.5 Å². The molecule has 136 valence electrons. The fourth-order valence-electron chi connectivity index (χ4n) is 1.61. The SMILES string of the molecule is COCCNC(=NCC(=O)N(C)C)NCCc1ccc(Cl)nc1.I. The molecule has 0 saturated carbocycles. The average molecular weight is 470 g/mol. The summed E-state index contributed by atoms with van der Waals surface area (Å²) >= 11 is 5.76. The molecule has 0 saturated heterocycles. The van der Waals surface area contributed by atoms with Crippen molar-refractivity contribution in [2.24, 2.45) is 4.99 Å². The van der Waals surface area contributed by atoms with Crippen LogP contribution in [0.5, 0.6) is 0 Å². The fourth-order valence-corrected chi connectivity index (χ4v) is 1.73. The van der Waals surface area contributed by atoms with E-state index in [1.807, 2.05) is 6.07 Å². The Morgan fingerprint density at radius 3 is 2.62 bits per heavy atom. The topological polar surface area (TPSA) is 78.8 Å². The van der Waals surface area contributed by atoms with Crippen molar-refractivity contribution in [3.8, 4) is 0 Å². The number of likely N-dealkylation sites (N-methyl/N-ethyl adjacent to an activating group) is 1. The molecule has 0 fully saturated rings. The summed E-state index contributed by atoms with van der Waals surface area (Å²) in [6.07, 6.45) is 2.52. The first-order valence-corrected chi connectivity index (χ1v) is 7.72. The highest BCUT2D eigenvalue weighted by molar-refractivity contribution is 14.0. The maximum atomic E-state index is 11.6. The smallest absolute Gasteiger partial charge is 0.243 e. The van der Waals surface area contributed by atoms with E-state index >= 15 is 0 Å². The number of carbonyl (C=O) groups excluding carboxylic acids is 1. The molecule has 0 spiro atoms. The first-order valence-electron chi connectivity index (χ1n) is 7.34. The Bertz CT molecular complexity index is 511. The van der Waals surface area contributed by atoms with Crippen molar-refractivity contribution in [1.82, 2.24) is 20.5 Å². The van der Waals surface area contributed by atoms with Gasteiger partial charge in [0.25, 0.3) is 0 Å². The number of guanidine groups is 1. The second-order valence-corrected chi connectivity index (χ2v) is 5.43. The van der Waals surface area contributed by atoms with Crippen LogP contribution in [-0.4, -0.2) is 69.2 Å². The average Bonchev–Trinajstić information content (AvgIpc) is 2.53. The molecule has 0 aliphatic heterocycles. The lowest BCUT2D eigenvalue weighted by atomic mass is 10.2. The van der Waals surface area contributed by atoms with Crippen LogP contribution in [0.4, 0.5) is 0 Å². The molecule has 1 aromatic heterocycles. The van der Waals surface area contributed by atoms with E-state index in [1.54, 1.807) is 33.5 Å². The van der Waals surface area contributed by atoms with Crippen LogP contribution in [0.2, 0.25) is 5.15 Å². The predicted octanol–water partition coefficient (Wildman–Crippen LogP) is 1.17. The van der Waals surface area contributed by atoms with Gasteiger partial charge >= 0.3 is 0 Å². The minimum Gasteiger partial charge on any atom is -0.383 e. The highest BCUT2D eigenvalue weighted by Crippen LogP contribution is 2.05. The molecule has 0 unspecified atom stereocenters. The maximum Gasteiger partial charge on any atom is 0.243 e. The molecule has 1 amide bonds. The quantitative estimate of drug-likeness (QED) is 0.196. The fraction of sp³-hybridized carbons (Fsp3) is 0.533. The molecule has 1 rings (SSSR count). The highest BCUT2D eigenvalue weighted by atomic mass is 127. The Balaban J connectivity index is 0.00000529. The summed E-state index contributed by atoms with van der Waals surface area (Å²) in [7, 11) is 5.04. The van der Waals surface area contributed by atoms with Crippen LogP contribution < -0.4 is 10.6 Å². The molecule has 0 atom stereocenters. The summed E-state index contributed by atoms with van der Waals surface area (Å²) in [5, 5.41) is 6.78. The molecule has 0 aromatic carbocycles. The summed E-state index contributed by atoms with van der Waals surface area (Å²) in [5.41, 5.74) is 1.07. The first kappa shape index (κ1) is 22.9. The van der Waals surface area contributed by atoms with Crippen molar-refractivity contribution in [3.63, 3.8) is 0 Å². The second kappa shape index (κ2) is 13.2. The van der Waals surface area contributed by atoms with Gasteiger partial charge in [-0.2, -0.15) is 0 Å². The number of halogens is 2. The Morgan fingerprint density at radius 2 is 2.04 bits per heavy atom. The van der Waals surface area contributed by atoms with Crippen LogP contribution in [0.25, 0.3) is 0 Å². The van der Waals surface area contributed by atoms with Gasteiger partial charge in [0.1, 0.15) is 11.7 Å². The number of hydrogen-bond acceptors (Lipinski definition) is 4. The summed E-state index contributed by atoms with van der Waals surface area (Å²) in [4.78, 5) is 21.4. The number of nitrogens with one attached hydrogen (secondary N) is 2. The molecule has 2 N–H and O–H groups in total. The van der Waals surface area contributed by atoms with Crippen LogP contribution in [-0.2, 0) is 16.0 Å². The molecule has 1 heterocycles. The van der Waals surface area contributed by atoms with Crippen molar-refractivity contribution >= 4 is 47.4 Å². The molecular formula is C15H25ClIN5O2. The Labute approximate surface area is 165 Å².